The summed E-state index contributed by atoms with van der Waals surface area (Å²) in [5.41, 5.74) is 5.81. The first kappa shape index (κ1) is 16.2. The smallest absolute Gasteiger partial charge is 0.241 e. The molecule has 0 aliphatic carbocycles. The molecule has 0 spiro atoms. The molecule has 0 aliphatic heterocycles. The zero-order valence-corrected chi connectivity index (χ0v) is 13.1. The number of benzene rings is 1. The maximum atomic E-state index is 12.2. The van der Waals surface area contributed by atoms with Gasteiger partial charge in [-0.25, -0.2) is 13.1 Å². The van der Waals surface area contributed by atoms with Crippen molar-refractivity contribution in [1.29, 1.82) is 0 Å². The lowest BCUT2D eigenvalue weighted by Crippen LogP contribution is -2.37. The zero-order valence-electron chi connectivity index (χ0n) is 10.6. The van der Waals surface area contributed by atoms with E-state index in [0.29, 0.717) is 5.56 Å². The molecule has 19 heavy (non-hydrogen) atoms. The third-order valence-electron chi connectivity index (χ3n) is 2.28. The highest BCUT2D eigenvalue weighted by Crippen LogP contribution is 2.15. The monoisotopic (exact) mass is 320 g/mol. The Morgan fingerprint density at radius 3 is 2.58 bits per heavy atom. The fraction of sp³-hybridized carbons (Fsp3) is 0.364. The maximum Gasteiger partial charge on any atom is 0.241 e. The Balaban J connectivity index is 3.07. The summed E-state index contributed by atoms with van der Waals surface area (Å²) in [5.74, 6) is 0.245. The maximum absolute atomic E-state index is 12.2. The normalized spacial score (nSPS) is 14.8. The molecule has 2 unspecified atom stereocenters. The van der Waals surface area contributed by atoms with Gasteiger partial charge in [0, 0.05) is 34.4 Å². The van der Waals surface area contributed by atoms with Crippen molar-refractivity contribution in [2.75, 3.05) is 12.0 Å². The molecule has 0 saturated heterocycles. The molecule has 106 valence electrons. The first-order chi connectivity index (χ1) is 8.74. The quantitative estimate of drug-likeness (QED) is 0.739. The minimum absolute atomic E-state index is 0.0210. The van der Waals surface area contributed by atoms with E-state index in [1.807, 2.05) is 0 Å². The van der Waals surface area contributed by atoms with Crippen molar-refractivity contribution in [2.24, 2.45) is 5.73 Å². The molecule has 0 radical (unpaired) electrons. The molecule has 0 aliphatic rings. The van der Waals surface area contributed by atoms with Gasteiger partial charge >= 0.3 is 0 Å². The summed E-state index contributed by atoms with van der Waals surface area (Å²) in [6.45, 7) is 1.66. The SMILES string of the molecule is CC(CS(C)=O)NS(=O)(=O)c1ccccc1C(N)=S. The van der Waals surface area contributed by atoms with Gasteiger partial charge in [-0.3, -0.25) is 4.21 Å². The van der Waals surface area contributed by atoms with Gasteiger partial charge in [-0.1, -0.05) is 30.4 Å². The predicted molar refractivity (Wildman–Crippen MR) is 81.0 cm³/mol. The molecule has 0 aromatic heterocycles. The van der Waals surface area contributed by atoms with Gasteiger partial charge in [0.1, 0.15) is 4.99 Å². The van der Waals surface area contributed by atoms with Gasteiger partial charge in [0.25, 0.3) is 0 Å². The van der Waals surface area contributed by atoms with E-state index in [1.54, 1.807) is 25.1 Å². The molecular weight excluding hydrogens is 304 g/mol. The van der Waals surface area contributed by atoms with Gasteiger partial charge in [-0.15, -0.1) is 0 Å². The standard InChI is InChI=1S/C11H16N2O3S3/c1-8(7-18(2)14)13-19(15,16)10-6-4-3-5-9(10)11(12)17/h3-6,8,13H,7H2,1-2H3,(H2,12,17). The number of hydrogen-bond donors (Lipinski definition) is 2. The van der Waals surface area contributed by atoms with E-state index in [4.69, 9.17) is 18.0 Å². The first-order valence-electron chi connectivity index (χ1n) is 5.45. The lowest BCUT2D eigenvalue weighted by molar-refractivity contribution is 0.570. The van der Waals surface area contributed by atoms with Crippen LogP contribution in [0.2, 0.25) is 0 Å². The highest BCUT2D eigenvalue weighted by molar-refractivity contribution is 7.90. The fourth-order valence-corrected chi connectivity index (χ4v) is 4.22. The van der Waals surface area contributed by atoms with Crippen molar-refractivity contribution >= 4 is 38.0 Å². The average Bonchev–Trinajstić information content (AvgIpc) is 2.26. The zero-order chi connectivity index (χ0) is 14.6. The van der Waals surface area contributed by atoms with E-state index >= 15 is 0 Å². The summed E-state index contributed by atoms with van der Waals surface area (Å²) in [6, 6.07) is 5.82. The second-order valence-corrected chi connectivity index (χ2v) is 7.72. The fourth-order valence-electron chi connectivity index (χ4n) is 1.62. The third-order valence-corrected chi connectivity index (χ3v) is 5.12. The molecule has 5 nitrogen and oxygen atoms in total. The average molecular weight is 320 g/mol. The molecule has 0 heterocycles. The Morgan fingerprint density at radius 2 is 2.05 bits per heavy atom. The Kier molecular flexibility index (Phi) is 5.60. The van der Waals surface area contributed by atoms with Crippen LogP contribution in [-0.2, 0) is 20.8 Å². The van der Waals surface area contributed by atoms with Crippen LogP contribution in [0.3, 0.4) is 0 Å². The van der Waals surface area contributed by atoms with Crippen LogP contribution in [-0.4, -0.2) is 35.7 Å². The molecule has 8 heteroatoms. The second-order valence-electron chi connectivity index (χ2n) is 4.12. The molecule has 0 bridgehead atoms. The van der Waals surface area contributed by atoms with Crippen molar-refractivity contribution in [2.45, 2.75) is 17.9 Å². The van der Waals surface area contributed by atoms with Crippen molar-refractivity contribution in [3.63, 3.8) is 0 Å². The minimum Gasteiger partial charge on any atom is -0.389 e. The molecule has 3 N–H and O–H groups in total. The largest absolute Gasteiger partial charge is 0.389 e. The minimum atomic E-state index is -3.73. The molecule has 0 amide bonds. The van der Waals surface area contributed by atoms with Crippen molar-refractivity contribution in [1.82, 2.24) is 4.72 Å². The van der Waals surface area contributed by atoms with E-state index in [2.05, 4.69) is 4.72 Å². The highest BCUT2D eigenvalue weighted by atomic mass is 32.2. The lowest BCUT2D eigenvalue weighted by Gasteiger charge is -2.15. The van der Waals surface area contributed by atoms with Gasteiger partial charge in [0.05, 0.1) is 4.90 Å². The van der Waals surface area contributed by atoms with E-state index in [-0.39, 0.29) is 15.6 Å². The van der Waals surface area contributed by atoms with Crippen LogP contribution in [0.15, 0.2) is 29.2 Å². The van der Waals surface area contributed by atoms with Crippen LogP contribution in [0.5, 0.6) is 0 Å². The number of nitrogens with one attached hydrogen (secondary N) is 1. The van der Waals surface area contributed by atoms with Crippen LogP contribution < -0.4 is 10.5 Å². The number of hydrogen-bond acceptors (Lipinski definition) is 4. The topological polar surface area (TPSA) is 89.3 Å². The van der Waals surface area contributed by atoms with Crippen molar-refractivity contribution in [3.8, 4) is 0 Å². The summed E-state index contributed by atoms with van der Waals surface area (Å²) in [5, 5.41) is 0. The van der Waals surface area contributed by atoms with E-state index in [1.165, 1.54) is 12.3 Å². The van der Waals surface area contributed by atoms with E-state index in [0.717, 1.165) is 0 Å². The van der Waals surface area contributed by atoms with Gasteiger partial charge in [-0.2, -0.15) is 0 Å². The summed E-state index contributed by atoms with van der Waals surface area (Å²) >= 11 is 4.84. The summed E-state index contributed by atoms with van der Waals surface area (Å²) < 4.78 is 38.0. The highest BCUT2D eigenvalue weighted by Gasteiger charge is 2.21. The summed E-state index contributed by atoms with van der Waals surface area (Å²) in [4.78, 5) is 0.0592. The van der Waals surface area contributed by atoms with E-state index < -0.39 is 26.9 Å². The third kappa shape index (κ3) is 4.64. The van der Waals surface area contributed by atoms with Crippen LogP contribution >= 0.6 is 12.2 Å². The lowest BCUT2D eigenvalue weighted by atomic mass is 10.2. The molecule has 0 fully saturated rings. The number of rotatable bonds is 6. The van der Waals surface area contributed by atoms with Gasteiger partial charge in [0.15, 0.2) is 0 Å². The van der Waals surface area contributed by atoms with Crippen LogP contribution in [0.4, 0.5) is 0 Å². The Morgan fingerprint density at radius 1 is 1.47 bits per heavy atom. The van der Waals surface area contributed by atoms with Crippen molar-refractivity contribution in [3.05, 3.63) is 29.8 Å². The molecule has 1 aromatic carbocycles. The predicted octanol–water partition coefficient (Wildman–Crippen LogP) is 0.366. The summed E-state index contributed by atoms with van der Waals surface area (Å²) in [7, 11) is -4.81. The number of nitrogens with two attached hydrogens (primary N) is 1. The summed E-state index contributed by atoms with van der Waals surface area (Å²) in [6.07, 6.45) is 1.52. The molecule has 1 rings (SSSR count). The van der Waals surface area contributed by atoms with Crippen LogP contribution in [0.25, 0.3) is 0 Å². The van der Waals surface area contributed by atoms with E-state index in [9.17, 15) is 12.6 Å². The van der Waals surface area contributed by atoms with Gasteiger partial charge in [0.2, 0.25) is 10.0 Å². The van der Waals surface area contributed by atoms with Gasteiger partial charge < -0.3 is 5.73 Å². The number of thiocarbonyl (C=S) groups is 1. The Hall–Kier alpha value is -0.830. The van der Waals surface area contributed by atoms with Gasteiger partial charge in [-0.05, 0) is 13.0 Å². The Bertz CT molecular complexity index is 599. The first-order valence-corrected chi connectivity index (χ1v) is 9.07. The van der Waals surface area contributed by atoms with Crippen LogP contribution in [0, 0.1) is 0 Å². The molecule has 0 saturated carbocycles. The van der Waals surface area contributed by atoms with Crippen LogP contribution in [0.1, 0.15) is 12.5 Å². The van der Waals surface area contributed by atoms with Crippen molar-refractivity contribution < 1.29 is 12.6 Å². The molecule has 1 aromatic rings. The molecule has 2 atom stereocenters. The molecular formula is C11H16N2O3S3. The number of sulfonamides is 1. The Labute approximate surface area is 121 Å². The second kappa shape index (κ2) is 6.56.